The van der Waals surface area contributed by atoms with E-state index in [4.69, 9.17) is 0 Å². The van der Waals surface area contributed by atoms with Crippen LogP contribution in [0, 0.1) is 5.92 Å². The van der Waals surface area contributed by atoms with Gasteiger partial charge in [-0.3, -0.25) is 9.69 Å². The first kappa shape index (κ1) is 31.4. The highest BCUT2D eigenvalue weighted by molar-refractivity contribution is 7.91. The van der Waals surface area contributed by atoms with Crippen molar-refractivity contribution < 1.29 is 44.7 Å². The fraction of sp³-hybridized carbons (Fsp3) is 0.609. The average Bonchev–Trinajstić information content (AvgIpc) is 3.43. The van der Waals surface area contributed by atoms with Gasteiger partial charge in [0, 0.05) is 57.2 Å². The molecule has 41 heavy (non-hydrogen) atoms. The molecule has 2 saturated heterocycles. The Bertz CT molecular complexity index is 1310. The molecule has 2 N–H and O–H groups in total. The molecule has 4 rings (SSSR count). The number of rotatable bonds is 7. The van der Waals surface area contributed by atoms with Gasteiger partial charge >= 0.3 is 12.4 Å². The summed E-state index contributed by atoms with van der Waals surface area (Å²) in [4.78, 5) is 23.4. The standard InChI is InChI=1S/C23H28F6N6O4S2/c1-14(2)18-19(36)30-5-6-33(18)12-16-13-34(41(38,39)17-4-3-9-40-17)7-8-35(16)20-31-10-15(11-32-20)21(37,22(24,25)26)23(27,28)29/h3-4,9-11,14,16,18,37H,5-8,12-13H2,1-2H3,(H,30,36)/t16-,18?/m0/s1. The van der Waals surface area contributed by atoms with Crippen molar-refractivity contribution in [2.45, 2.75) is 48.1 Å². The number of carbonyl (C=O) groups excluding carboxylic acids is 1. The minimum atomic E-state index is -6.10. The zero-order valence-electron chi connectivity index (χ0n) is 21.9. The van der Waals surface area contributed by atoms with Gasteiger partial charge in [-0.15, -0.1) is 11.3 Å². The molecule has 228 valence electrons. The highest BCUT2D eigenvalue weighted by Gasteiger charge is 2.71. The Morgan fingerprint density at radius 2 is 1.73 bits per heavy atom. The van der Waals surface area contributed by atoms with Gasteiger partial charge in [-0.05, 0) is 17.4 Å². The topological polar surface area (TPSA) is 119 Å². The number of sulfonamides is 1. The number of aliphatic hydroxyl groups is 1. The second-order valence-corrected chi connectivity index (χ2v) is 13.2. The largest absolute Gasteiger partial charge is 0.430 e. The molecule has 2 atom stereocenters. The molecule has 0 bridgehead atoms. The van der Waals surface area contributed by atoms with Crippen molar-refractivity contribution >= 4 is 33.2 Å². The fourth-order valence-electron chi connectivity index (χ4n) is 5.08. The van der Waals surface area contributed by atoms with E-state index < -0.39 is 45.6 Å². The van der Waals surface area contributed by atoms with Crippen molar-refractivity contribution in [2.75, 3.05) is 44.2 Å². The number of amides is 1. The van der Waals surface area contributed by atoms with E-state index in [9.17, 15) is 44.7 Å². The van der Waals surface area contributed by atoms with E-state index in [2.05, 4.69) is 15.3 Å². The van der Waals surface area contributed by atoms with Crippen LogP contribution in [0.4, 0.5) is 32.3 Å². The number of anilines is 1. The lowest BCUT2D eigenvalue weighted by atomic mass is 9.95. The third kappa shape index (κ3) is 5.89. The van der Waals surface area contributed by atoms with E-state index in [0.29, 0.717) is 13.1 Å². The molecule has 2 aromatic rings. The third-order valence-electron chi connectivity index (χ3n) is 7.11. The molecule has 18 heteroatoms. The molecule has 4 heterocycles. The normalized spacial score (nSPS) is 22.3. The van der Waals surface area contributed by atoms with Crippen LogP contribution in [0.1, 0.15) is 19.4 Å². The lowest BCUT2D eigenvalue weighted by Gasteiger charge is -2.45. The van der Waals surface area contributed by atoms with Crippen molar-refractivity contribution in [2.24, 2.45) is 5.92 Å². The number of nitrogens with one attached hydrogen (secondary N) is 1. The molecule has 0 aromatic carbocycles. The van der Waals surface area contributed by atoms with Gasteiger partial charge < -0.3 is 15.3 Å². The minimum absolute atomic E-state index is 0.0379. The Hall–Kier alpha value is -2.54. The number of thiophene rings is 1. The van der Waals surface area contributed by atoms with Crippen molar-refractivity contribution in [3.8, 4) is 0 Å². The van der Waals surface area contributed by atoms with E-state index in [1.807, 2.05) is 18.7 Å². The van der Waals surface area contributed by atoms with Crippen molar-refractivity contribution in [1.29, 1.82) is 0 Å². The first-order valence-electron chi connectivity index (χ1n) is 12.5. The molecule has 2 fully saturated rings. The Labute approximate surface area is 236 Å². The Morgan fingerprint density at radius 3 is 2.27 bits per heavy atom. The van der Waals surface area contributed by atoms with Gasteiger partial charge in [-0.2, -0.15) is 30.6 Å². The maximum atomic E-state index is 13.3. The summed E-state index contributed by atoms with van der Waals surface area (Å²) >= 11 is 1.03. The van der Waals surface area contributed by atoms with Gasteiger partial charge in [0.25, 0.3) is 15.6 Å². The van der Waals surface area contributed by atoms with Crippen molar-refractivity contribution in [3.63, 3.8) is 0 Å². The van der Waals surface area contributed by atoms with E-state index >= 15 is 0 Å². The van der Waals surface area contributed by atoms with E-state index in [0.717, 1.165) is 11.3 Å². The molecular weight excluding hydrogens is 602 g/mol. The summed E-state index contributed by atoms with van der Waals surface area (Å²) < 4.78 is 108. The van der Waals surface area contributed by atoms with Gasteiger partial charge in [-0.25, -0.2) is 18.4 Å². The minimum Gasteiger partial charge on any atom is -0.369 e. The van der Waals surface area contributed by atoms with E-state index in [1.165, 1.54) is 15.3 Å². The molecule has 0 aliphatic carbocycles. The molecular formula is C23H28F6N6O4S2. The Morgan fingerprint density at radius 1 is 1.10 bits per heavy atom. The fourth-order valence-corrected chi connectivity index (χ4v) is 7.69. The number of nitrogens with zero attached hydrogens (tertiary/aromatic N) is 5. The predicted molar refractivity (Wildman–Crippen MR) is 135 cm³/mol. The van der Waals surface area contributed by atoms with Crippen LogP contribution in [0.25, 0.3) is 0 Å². The van der Waals surface area contributed by atoms with Crippen LogP contribution in [-0.4, -0.2) is 102 Å². The number of alkyl halides is 6. The van der Waals surface area contributed by atoms with Gasteiger partial charge in [0.1, 0.15) is 4.21 Å². The number of hydrogen-bond acceptors (Lipinski definition) is 9. The number of carbonyl (C=O) groups is 1. The quantitative estimate of drug-likeness (QED) is 0.448. The number of piperazine rings is 2. The SMILES string of the molecule is CC(C)C1C(=O)NCCN1C[C@H]1CN(S(=O)(=O)c2cccs2)CCN1c1ncc(C(O)(C(F)(F)F)C(F)(F)F)cn1. The highest BCUT2D eigenvalue weighted by atomic mass is 32.2. The summed E-state index contributed by atoms with van der Waals surface area (Å²) in [6, 6.07) is 1.77. The monoisotopic (exact) mass is 630 g/mol. The number of halogens is 6. The molecule has 2 aromatic heterocycles. The Kier molecular flexibility index (Phi) is 8.63. The zero-order valence-corrected chi connectivity index (χ0v) is 23.5. The van der Waals surface area contributed by atoms with Crippen LogP contribution in [-0.2, 0) is 20.4 Å². The molecule has 0 saturated carbocycles. The van der Waals surface area contributed by atoms with Crippen LogP contribution in [0.2, 0.25) is 0 Å². The first-order chi connectivity index (χ1) is 19.0. The molecule has 1 unspecified atom stereocenters. The maximum Gasteiger partial charge on any atom is 0.430 e. The van der Waals surface area contributed by atoms with Gasteiger partial charge in [0.2, 0.25) is 11.9 Å². The summed E-state index contributed by atoms with van der Waals surface area (Å²) in [6.45, 7) is 4.38. The first-order valence-corrected chi connectivity index (χ1v) is 14.8. The lowest BCUT2D eigenvalue weighted by molar-refractivity contribution is -0.376. The summed E-state index contributed by atoms with van der Waals surface area (Å²) in [6.07, 6.45) is -11.7. The molecule has 0 radical (unpaired) electrons. The second kappa shape index (κ2) is 11.3. The van der Waals surface area contributed by atoms with Gasteiger partial charge in [0.15, 0.2) is 0 Å². The molecule has 0 spiro atoms. The molecule has 2 aliphatic heterocycles. The average molecular weight is 631 g/mol. The summed E-state index contributed by atoms with van der Waals surface area (Å²) in [7, 11) is -3.89. The molecule has 2 aliphatic rings. The third-order valence-corrected chi connectivity index (χ3v) is 10.3. The van der Waals surface area contributed by atoms with Crippen LogP contribution < -0.4 is 10.2 Å². The summed E-state index contributed by atoms with van der Waals surface area (Å²) in [5.74, 6) is -0.576. The van der Waals surface area contributed by atoms with Crippen LogP contribution in [0.5, 0.6) is 0 Å². The summed E-state index contributed by atoms with van der Waals surface area (Å²) in [5.41, 5.74) is -6.79. The van der Waals surface area contributed by atoms with Crippen molar-refractivity contribution in [1.82, 2.24) is 24.5 Å². The second-order valence-electron chi connectivity index (χ2n) is 10.1. The van der Waals surface area contributed by atoms with E-state index in [-0.39, 0.29) is 60.6 Å². The van der Waals surface area contributed by atoms with Gasteiger partial charge in [-0.1, -0.05) is 19.9 Å². The smallest absolute Gasteiger partial charge is 0.369 e. The molecule has 1 amide bonds. The van der Waals surface area contributed by atoms with E-state index in [1.54, 1.807) is 11.4 Å². The number of aromatic nitrogens is 2. The zero-order chi connectivity index (χ0) is 30.4. The van der Waals surface area contributed by atoms with Crippen LogP contribution in [0.15, 0.2) is 34.1 Å². The Balaban J connectivity index is 1.68. The highest BCUT2D eigenvalue weighted by Crippen LogP contribution is 2.49. The van der Waals surface area contributed by atoms with Crippen molar-refractivity contribution in [3.05, 3.63) is 35.5 Å². The van der Waals surface area contributed by atoms with Crippen LogP contribution >= 0.6 is 11.3 Å². The lowest BCUT2D eigenvalue weighted by Crippen LogP contribution is -2.64. The number of hydrogen-bond donors (Lipinski definition) is 2. The molecule has 10 nitrogen and oxygen atoms in total. The summed E-state index contributed by atoms with van der Waals surface area (Å²) in [5, 5.41) is 14.1. The van der Waals surface area contributed by atoms with Gasteiger partial charge in [0.05, 0.1) is 12.1 Å². The predicted octanol–water partition coefficient (Wildman–Crippen LogP) is 2.19. The maximum absolute atomic E-state index is 13.3. The van der Waals surface area contributed by atoms with Crippen LogP contribution in [0.3, 0.4) is 0 Å².